The van der Waals surface area contributed by atoms with E-state index < -0.39 is 47.7 Å². The molecule has 0 saturated carbocycles. The third kappa shape index (κ3) is 15.0. The van der Waals surface area contributed by atoms with Crippen LogP contribution in [0.1, 0.15) is 107 Å². The van der Waals surface area contributed by atoms with Crippen molar-refractivity contribution in [2.45, 2.75) is 155 Å². The molecule has 11 heteroatoms. The van der Waals surface area contributed by atoms with Gasteiger partial charge in [-0.2, -0.15) is 0 Å². The average Bonchev–Trinajstić information content (AvgIpc) is 3.87. The van der Waals surface area contributed by atoms with E-state index in [2.05, 4.69) is 37.8 Å². The van der Waals surface area contributed by atoms with E-state index in [1.165, 1.54) is 11.1 Å². The molecule has 10 unspecified atom stereocenters. The van der Waals surface area contributed by atoms with E-state index in [4.69, 9.17) is 14.2 Å². The number of nitrogens with zero attached hydrogens (tertiary/aromatic N) is 2. The number of esters is 1. The molecule has 2 saturated heterocycles. The molecule has 0 aliphatic carbocycles. The smallest absolute Gasteiger partial charge is 0.410 e. The first-order chi connectivity index (χ1) is 25.3. The van der Waals surface area contributed by atoms with Crippen molar-refractivity contribution >= 4 is 12.1 Å². The van der Waals surface area contributed by atoms with Crippen LogP contribution >= 0.6 is 0 Å². The van der Waals surface area contributed by atoms with Crippen LogP contribution in [-0.2, 0) is 19.0 Å². The Morgan fingerprint density at radius 1 is 1.15 bits per heavy atom. The summed E-state index contributed by atoms with van der Waals surface area (Å²) >= 11 is 0. The van der Waals surface area contributed by atoms with Gasteiger partial charge in [0.15, 0.2) is 6.10 Å². The number of carbonyl (C=O) groups is 2. The zero-order valence-corrected chi connectivity index (χ0v) is 34.4. The van der Waals surface area contributed by atoms with Crippen molar-refractivity contribution in [1.82, 2.24) is 9.80 Å². The van der Waals surface area contributed by atoms with Gasteiger partial charge in [-0.15, -0.1) is 0 Å². The Morgan fingerprint density at radius 2 is 1.83 bits per heavy atom. The van der Waals surface area contributed by atoms with Gasteiger partial charge in [-0.05, 0) is 85.3 Å². The predicted molar refractivity (Wildman–Crippen MR) is 212 cm³/mol. The van der Waals surface area contributed by atoms with Gasteiger partial charge >= 0.3 is 12.1 Å². The Morgan fingerprint density at radius 3 is 2.48 bits per heavy atom. The van der Waals surface area contributed by atoms with Gasteiger partial charge in [0, 0.05) is 51.0 Å². The minimum atomic E-state index is -1.50. The second kappa shape index (κ2) is 20.9. The summed E-state index contributed by atoms with van der Waals surface area (Å²) in [6.45, 7) is 20.5. The normalized spacial score (nSPS) is 31.5. The summed E-state index contributed by atoms with van der Waals surface area (Å²) in [5, 5.41) is 43.5. The molecule has 10 atom stereocenters. The van der Waals surface area contributed by atoms with Crippen molar-refractivity contribution in [3.63, 3.8) is 0 Å². The Balaban J connectivity index is 1.67. The third-order valence-electron chi connectivity index (χ3n) is 11.0. The van der Waals surface area contributed by atoms with E-state index in [1.807, 2.05) is 27.7 Å². The van der Waals surface area contributed by atoms with E-state index in [0.29, 0.717) is 44.6 Å². The molecule has 2 fully saturated rings. The zero-order chi connectivity index (χ0) is 40.2. The molecule has 3 rings (SSSR count). The lowest BCUT2D eigenvalue weighted by Crippen LogP contribution is -2.51. The molecule has 0 aromatic heterocycles. The fourth-order valence-corrected chi connectivity index (χ4v) is 7.07. The minimum absolute atomic E-state index is 0.0156. The molecule has 0 radical (unpaired) electrons. The van der Waals surface area contributed by atoms with Crippen LogP contribution in [-0.4, -0.2) is 123 Å². The van der Waals surface area contributed by atoms with Gasteiger partial charge in [0.1, 0.15) is 11.7 Å². The maximum Gasteiger partial charge on any atom is 0.410 e. The summed E-state index contributed by atoms with van der Waals surface area (Å²) in [4.78, 5) is 30.4. The van der Waals surface area contributed by atoms with Gasteiger partial charge in [0.05, 0.1) is 36.4 Å². The molecule has 0 aromatic carbocycles. The summed E-state index contributed by atoms with van der Waals surface area (Å²) in [6, 6.07) is 0. The molecule has 3 heterocycles. The number of cyclic esters (lactones) is 1. The van der Waals surface area contributed by atoms with Crippen molar-refractivity contribution < 1.29 is 44.2 Å². The number of epoxide rings is 1. The quantitative estimate of drug-likeness (QED) is 0.0717. The molecule has 306 valence electrons. The molecule has 3 aliphatic heterocycles. The van der Waals surface area contributed by atoms with Crippen LogP contribution in [0.3, 0.4) is 0 Å². The summed E-state index contributed by atoms with van der Waals surface area (Å²) in [6.07, 6.45) is 12.2. The van der Waals surface area contributed by atoms with Crippen molar-refractivity contribution in [1.29, 1.82) is 0 Å². The van der Waals surface area contributed by atoms with Gasteiger partial charge in [0.25, 0.3) is 0 Å². The Bertz CT molecular complexity index is 1370. The lowest BCUT2D eigenvalue weighted by Gasteiger charge is -2.37. The summed E-state index contributed by atoms with van der Waals surface area (Å²) in [5.74, 6) is -0.964. The standard InChI is InChI=1S/C43H70N2O9/c1-10-35(47)33(7)40-36(52-40)28-42(8,50)20-12-15-31(5)39-32(6)16-17-37(43(9,51)21-18-34(46)27-38(48)54-39)53-41(49)45-25-23-44(24-26-45)22-19-30(4)14-11-13-29(2)3/h12-13,15-17,19-20,32-37,39-40,46-47,50-51H,10-11,14,18,21-28H2,1-9H3. The van der Waals surface area contributed by atoms with Gasteiger partial charge < -0.3 is 39.5 Å². The molecular weight excluding hydrogens is 688 g/mol. The van der Waals surface area contributed by atoms with Crippen LogP contribution in [0.2, 0.25) is 0 Å². The maximum absolute atomic E-state index is 13.4. The molecule has 3 aliphatic rings. The molecule has 1 amide bonds. The zero-order valence-electron chi connectivity index (χ0n) is 34.4. The Hall–Kier alpha value is -2.80. The fourth-order valence-electron chi connectivity index (χ4n) is 7.07. The number of carbonyl (C=O) groups excluding carboxylic acids is 2. The second-order valence-corrected chi connectivity index (χ2v) is 16.7. The SMILES string of the molecule is CCC(O)C(C)C1OC1CC(C)(O)C=CC=C(C)C1OC(=O)CC(O)CCC(C)(O)C(OC(=O)N2CCN(CC=C(C)CCC=C(C)C)CC2)C=CC1C. The summed E-state index contributed by atoms with van der Waals surface area (Å²) in [5.41, 5.74) is 0.717. The molecule has 11 nitrogen and oxygen atoms in total. The number of aliphatic hydroxyl groups is 4. The highest BCUT2D eigenvalue weighted by Crippen LogP contribution is 2.37. The van der Waals surface area contributed by atoms with E-state index in [-0.39, 0.29) is 43.3 Å². The first-order valence-corrected chi connectivity index (χ1v) is 20.0. The van der Waals surface area contributed by atoms with Gasteiger partial charge in [0.2, 0.25) is 0 Å². The van der Waals surface area contributed by atoms with Crippen LogP contribution in [0.5, 0.6) is 0 Å². The van der Waals surface area contributed by atoms with Crippen LogP contribution in [0.15, 0.2) is 59.3 Å². The maximum atomic E-state index is 13.4. The Labute approximate surface area is 324 Å². The number of hydrogen-bond acceptors (Lipinski definition) is 10. The number of rotatable bonds is 14. The highest BCUT2D eigenvalue weighted by Gasteiger charge is 2.47. The van der Waals surface area contributed by atoms with Gasteiger partial charge in [-0.25, -0.2) is 4.79 Å². The highest BCUT2D eigenvalue weighted by molar-refractivity contribution is 5.70. The first-order valence-electron chi connectivity index (χ1n) is 20.0. The topological polar surface area (TPSA) is 153 Å². The van der Waals surface area contributed by atoms with E-state index in [0.717, 1.165) is 19.4 Å². The number of aliphatic hydroxyl groups excluding tert-OH is 2. The molecule has 0 spiro atoms. The van der Waals surface area contributed by atoms with Crippen LogP contribution < -0.4 is 0 Å². The monoisotopic (exact) mass is 759 g/mol. The number of amides is 1. The van der Waals surface area contributed by atoms with Crippen molar-refractivity contribution in [3.8, 4) is 0 Å². The number of hydrogen-bond donors (Lipinski definition) is 4. The van der Waals surface area contributed by atoms with Crippen LogP contribution in [0, 0.1) is 11.8 Å². The molecule has 0 aromatic rings. The summed E-state index contributed by atoms with van der Waals surface area (Å²) in [7, 11) is 0. The van der Waals surface area contributed by atoms with Crippen LogP contribution in [0.25, 0.3) is 0 Å². The largest absolute Gasteiger partial charge is 0.457 e. The summed E-state index contributed by atoms with van der Waals surface area (Å²) < 4.78 is 17.6. The van der Waals surface area contributed by atoms with Gasteiger partial charge in [-0.1, -0.05) is 68.4 Å². The molecule has 54 heavy (non-hydrogen) atoms. The van der Waals surface area contributed by atoms with Crippen LogP contribution in [0.4, 0.5) is 4.79 Å². The molecule has 0 bridgehead atoms. The van der Waals surface area contributed by atoms with E-state index in [1.54, 1.807) is 49.1 Å². The number of allylic oxidation sites excluding steroid dienone is 5. The van der Waals surface area contributed by atoms with Crippen molar-refractivity contribution in [3.05, 3.63) is 59.3 Å². The predicted octanol–water partition coefficient (Wildman–Crippen LogP) is 6.02. The van der Waals surface area contributed by atoms with Gasteiger partial charge in [-0.3, -0.25) is 9.69 Å². The minimum Gasteiger partial charge on any atom is -0.457 e. The third-order valence-corrected chi connectivity index (χ3v) is 11.0. The highest BCUT2D eigenvalue weighted by atomic mass is 16.6. The van der Waals surface area contributed by atoms with Crippen molar-refractivity contribution in [2.75, 3.05) is 32.7 Å². The number of piperazine rings is 1. The fraction of sp³-hybridized carbons (Fsp3) is 0.721. The molecular formula is C43H70N2O9. The molecule has 4 N–H and O–H groups in total. The Kier molecular flexibility index (Phi) is 17.7. The number of ether oxygens (including phenoxy) is 3. The first kappa shape index (κ1) is 45.6. The average molecular weight is 759 g/mol. The second-order valence-electron chi connectivity index (χ2n) is 16.7. The lowest BCUT2D eigenvalue weighted by atomic mass is 9.88. The van der Waals surface area contributed by atoms with Crippen molar-refractivity contribution in [2.24, 2.45) is 11.8 Å². The van der Waals surface area contributed by atoms with E-state index >= 15 is 0 Å². The lowest BCUT2D eigenvalue weighted by molar-refractivity contribution is -0.151. The van der Waals surface area contributed by atoms with E-state index in [9.17, 15) is 30.0 Å².